The van der Waals surface area contributed by atoms with Crippen molar-refractivity contribution in [3.8, 4) is 0 Å². The molecule has 15 N–H and O–H groups in total. The Morgan fingerprint density at radius 1 is 0.789 bits per heavy atom. The van der Waals surface area contributed by atoms with Gasteiger partial charge in [0.05, 0.1) is 12.6 Å². The molecule has 21 nitrogen and oxygen atoms in total. The molecular weight excluding hydrogens is 746 g/mol. The Morgan fingerprint density at radius 3 is 1.89 bits per heavy atom. The molecule has 1 rings (SSSR count). The van der Waals surface area contributed by atoms with Crippen LogP contribution in [0.2, 0.25) is 0 Å². The van der Waals surface area contributed by atoms with E-state index in [1.54, 1.807) is 27.7 Å². The molecule has 0 radical (unpaired) electrons. The monoisotopic (exact) mass is 811 g/mol. The SMILES string of the molecule is CC[C@H](C)[C@H](NC(=O)[C@H](CC(C)C)NC(=O)[C@@H]1CCCN1C(=O)[C@@H](N)C(C)C)C(=O)N[C@@H](CCC(N)=O)C(=O)N[C@@H](CO)C(=O)N[C@@H](CCCN=C(N)N)C(=O)O. The van der Waals surface area contributed by atoms with Gasteiger partial charge in [-0.1, -0.05) is 48.0 Å². The van der Waals surface area contributed by atoms with Gasteiger partial charge < -0.3 is 64.6 Å². The normalized spacial score (nSPS) is 17.6. The third kappa shape index (κ3) is 16.9. The molecule has 1 fully saturated rings. The number of hydrogen-bond donors (Lipinski definition) is 11. The molecule has 0 spiro atoms. The zero-order valence-corrected chi connectivity index (χ0v) is 33.9. The van der Waals surface area contributed by atoms with Gasteiger partial charge in [-0.3, -0.25) is 38.6 Å². The highest BCUT2D eigenvalue weighted by molar-refractivity contribution is 5.97. The lowest BCUT2D eigenvalue weighted by atomic mass is 9.96. The van der Waals surface area contributed by atoms with Crippen molar-refractivity contribution in [2.75, 3.05) is 19.7 Å². The van der Waals surface area contributed by atoms with Crippen LogP contribution < -0.4 is 49.5 Å². The van der Waals surface area contributed by atoms with Crippen molar-refractivity contribution in [2.24, 2.45) is 45.7 Å². The lowest BCUT2D eigenvalue weighted by Gasteiger charge is -2.31. The molecule has 1 heterocycles. The van der Waals surface area contributed by atoms with Gasteiger partial charge in [-0.05, 0) is 56.3 Å². The van der Waals surface area contributed by atoms with Crippen molar-refractivity contribution < 1.29 is 48.6 Å². The number of amides is 7. The average molecular weight is 812 g/mol. The number of carboxylic acid groups (broad SMARTS) is 1. The first kappa shape index (κ1) is 50.0. The van der Waals surface area contributed by atoms with E-state index in [0.29, 0.717) is 25.8 Å². The van der Waals surface area contributed by atoms with Gasteiger partial charge in [-0.2, -0.15) is 0 Å². The molecule has 57 heavy (non-hydrogen) atoms. The number of primary amides is 1. The summed E-state index contributed by atoms with van der Waals surface area (Å²) in [5.74, 6) is -7.61. The minimum absolute atomic E-state index is 0.0818. The zero-order valence-electron chi connectivity index (χ0n) is 33.9. The number of guanidine groups is 1. The van der Waals surface area contributed by atoms with Crippen molar-refractivity contribution in [1.82, 2.24) is 31.5 Å². The lowest BCUT2D eigenvalue weighted by Crippen LogP contribution is -2.61. The molecule has 7 amide bonds. The Bertz CT molecular complexity index is 1440. The van der Waals surface area contributed by atoms with Gasteiger partial charge in [0.15, 0.2) is 5.96 Å². The first-order chi connectivity index (χ1) is 26.6. The van der Waals surface area contributed by atoms with Crippen LogP contribution in [0.25, 0.3) is 0 Å². The van der Waals surface area contributed by atoms with Crippen molar-refractivity contribution in [2.45, 2.75) is 135 Å². The topological polar surface area (TPSA) is 357 Å². The summed E-state index contributed by atoms with van der Waals surface area (Å²) in [6.07, 6.45) is 0.907. The van der Waals surface area contributed by atoms with Gasteiger partial charge >= 0.3 is 5.97 Å². The van der Waals surface area contributed by atoms with Crippen molar-refractivity contribution in [1.29, 1.82) is 0 Å². The number of aliphatic hydroxyl groups excluding tert-OH is 1. The van der Waals surface area contributed by atoms with E-state index in [-0.39, 0.29) is 62.4 Å². The number of rotatable bonds is 25. The maximum Gasteiger partial charge on any atom is 0.326 e. The second kappa shape index (κ2) is 24.6. The fourth-order valence-electron chi connectivity index (χ4n) is 6.02. The smallest absolute Gasteiger partial charge is 0.326 e. The second-order valence-electron chi connectivity index (χ2n) is 15.2. The second-order valence-corrected chi connectivity index (χ2v) is 15.2. The van der Waals surface area contributed by atoms with Crippen LogP contribution in [0.3, 0.4) is 0 Å². The summed E-state index contributed by atoms with van der Waals surface area (Å²) in [5.41, 5.74) is 22.0. The van der Waals surface area contributed by atoms with Gasteiger partial charge in [0.25, 0.3) is 0 Å². The summed E-state index contributed by atoms with van der Waals surface area (Å²) in [7, 11) is 0. The Labute approximate surface area is 333 Å². The van der Waals surface area contributed by atoms with Crippen LogP contribution in [0.15, 0.2) is 4.99 Å². The largest absolute Gasteiger partial charge is 0.480 e. The van der Waals surface area contributed by atoms with Crippen LogP contribution in [0.4, 0.5) is 0 Å². The number of aliphatic carboxylic acids is 1. The molecule has 0 aromatic carbocycles. The first-order valence-electron chi connectivity index (χ1n) is 19.4. The van der Waals surface area contributed by atoms with E-state index < -0.39 is 96.2 Å². The van der Waals surface area contributed by atoms with E-state index in [0.717, 1.165) is 0 Å². The molecule has 0 bridgehead atoms. The molecule has 0 aromatic heterocycles. The number of aliphatic imine (C=N–C) groups is 1. The third-order valence-corrected chi connectivity index (χ3v) is 9.66. The van der Waals surface area contributed by atoms with Gasteiger partial charge in [-0.25, -0.2) is 4.79 Å². The van der Waals surface area contributed by atoms with E-state index in [1.165, 1.54) is 4.90 Å². The average Bonchev–Trinajstić information content (AvgIpc) is 3.64. The summed E-state index contributed by atoms with van der Waals surface area (Å²) in [5, 5.41) is 32.0. The van der Waals surface area contributed by atoms with Crippen LogP contribution in [0.1, 0.15) is 92.9 Å². The number of nitrogens with one attached hydrogen (secondary N) is 5. The Morgan fingerprint density at radius 2 is 1.37 bits per heavy atom. The van der Waals surface area contributed by atoms with Crippen LogP contribution >= 0.6 is 0 Å². The molecule has 0 aromatic rings. The van der Waals surface area contributed by atoms with E-state index in [4.69, 9.17) is 22.9 Å². The standard InChI is InChI=1S/C36H65N11O10/c1-7-20(6)28(46-30(51)23(16-18(2)3)44-32(53)25-11-9-15-47(25)34(55)27(38)19(4)5)33(54)42-21(12-13-26(37)49)29(50)45-24(17-48)31(52)43-22(35(56)57)10-8-14-41-36(39)40/h18-25,27-28,48H,7-17,38H2,1-6H3,(H2,37,49)(H,42,54)(H,43,52)(H,44,53)(H,45,50)(H,46,51)(H,56,57)(H4,39,40,41)/t20-,21-,22-,23-,24-,25-,27-,28-/m0/s1. The maximum atomic E-state index is 13.8. The Hall–Kier alpha value is -5.05. The summed E-state index contributed by atoms with van der Waals surface area (Å²) in [6, 6.07) is -8.58. The number of aliphatic hydroxyl groups is 1. The molecule has 324 valence electrons. The summed E-state index contributed by atoms with van der Waals surface area (Å²) < 4.78 is 0. The predicted molar refractivity (Wildman–Crippen MR) is 209 cm³/mol. The van der Waals surface area contributed by atoms with Crippen molar-refractivity contribution >= 4 is 53.3 Å². The Balaban J connectivity index is 3.22. The number of nitrogens with two attached hydrogens (primary N) is 4. The van der Waals surface area contributed by atoms with Crippen molar-refractivity contribution in [3.63, 3.8) is 0 Å². The van der Waals surface area contributed by atoms with Gasteiger partial charge in [0.2, 0.25) is 41.4 Å². The number of likely N-dealkylation sites (tertiary alicyclic amines) is 1. The fourth-order valence-corrected chi connectivity index (χ4v) is 6.02. The highest BCUT2D eigenvalue weighted by atomic mass is 16.4. The quantitative estimate of drug-likeness (QED) is 0.0247. The molecule has 8 atom stereocenters. The van der Waals surface area contributed by atoms with Crippen LogP contribution in [-0.4, -0.2) is 130 Å². The van der Waals surface area contributed by atoms with Crippen molar-refractivity contribution in [3.05, 3.63) is 0 Å². The highest BCUT2D eigenvalue weighted by Crippen LogP contribution is 2.21. The molecular formula is C36H65N11O10. The number of carbonyl (C=O) groups excluding carboxylic acids is 7. The molecule has 1 aliphatic heterocycles. The van der Waals surface area contributed by atoms with E-state index >= 15 is 0 Å². The van der Waals surface area contributed by atoms with Crippen LogP contribution in [0.5, 0.6) is 0 Å². The minimum atomic E-state index is -1.66. The number of carbonyl (C=O) groups is 8. The molecule has 0 saturated carbocycles. The third-order valence-electron chi connectivity index (χ3n) is 9.66. The highest BCUT2D eigenvalue weighted by Gasteiger charge is 2.39. The van der Waals surface area contributed by atoms with Gasteiger partial charge in [-0.15, -0.1) is 0 Å². The number of carboxylic acids is 1. The van der Waals surface area contributed by atoms with Crippen LogP contribution in [0, 0.1) is 17.8 Å². The van der Waals surface area contributed by atoms with E-state index in [1.807, 2.05) is 13.8 Å². The fraction of sp³-hybridized carbons (Fsp3) is 0.750. The summed E-state index contributed by atoms with van der Waals surface area (Å²) in [6.45, 7) is 10.2. The number of nitrogens with zero attached hydrogens (tertiary/aromatic N) is 2. The molecule has 21 heteroatoms. The molecule has 1 saturated heterocycles. The van der Waals surface area contributed by atoms with E-state index in [2.05, 4.69) is 31.6 Å². The maximum absolute atomic E-state index is 13.8. The predicted octanol–water partition coefficient (Wildman–Crippen LogP) is -3.13. The molecule has 0 aliphatic carbocycles. The molecule has 0 unspecified atom stereocenters. The molecule has 1 aliphatic rings. The van der Waals surface area contributed by atoms with Gasteiger partial charge in [0, 0.05) is 19.5 Å². The number of hydrogen-bond acceptors (Lipinski definition) is 11. The lowest BCUT2D eigenvalue weighted by molar-refractivity contribution is -0.142. The Kier molecular flexibility index (Phi) is 21.5. The zero-order chi connectivity index (χ0) is 43.6. The minimum Gasteiger partial charge on any atom is -0.480 e. The first-order valence-corrected chi connectivity index (χ1v) is 19.4. The van der Waals surface area contributed by atoms with Crippen LogP contribution in [-0.2, 0) is 38.4 Å². The van der Waals surface area contributed by atoms with E-state index in [9.17, 15) is 48.6 Å². The van der Waals surface area contributed by atoms with Gasteiger partial charge in [0.1, 0.15) is 36.3 Å². The summed E-state index contributed by atoms with van der Waals surface area (Å²) in [4.78, 5) is 109. The summed E-state index contributed by atoms with van der Waals surface area (Å²) >= 11 is 0.